The van der Waals surface area contributed by atoms with Gasteiger partial charge in [-0.05, 0) is 103 Å². The minimum atomic E-state index is -2.05. The van der Waals surface area contributed by atoms with Crippen LogP contribution < -0.4 is 11.3 Å². The predicted molar refractivity (Wildman–Crippen MR) is 203 cm³/mol. The summed E-state index contributed by atoms with van der Waals surface area (Å²) in [6, 6.07) is 0. The topological polar surface area (TPSA) is 306 Å². The van der Waals surface area contributed by atoms with Gasteiger partial charge in [0.25, 0.3) is 0 Å². The lowest BCUT2D eigenvalue weighted by atomic mass is 9.33. The number of quaternary nitrogens is 1. The van der Waals surface area contributed by atoms with E-state index in [1.54, 1.807) is 6.92 Å². The Morgan fingerprint density at radius 1 is 0.729 bits per heavy atom. The number of fused-ring (bicyclic) bond motifs is 7. The summed E-state index contributed by atoms with van der Waals surface area (Å²) in [5.74, 6) is -4.80. The summed E-state index contributed by atoms with van der Waals surface area (Å²) < 4.78 is 23.4. The first-order chi connectivity index (χ1) is 26.8. The van der Waals surface area contributed by atoms with Gasteiger partial charge in [-0.3, -0.25) is 4.79 Å². The molecule has 0 radical (unpaired) electrons. The molecule has 59 heavy (non-hydrogen) atoms. The molecular formula is C42H65NO16. The SMILES string of the molecule is CC1(C(=O)[O-])CCC2(C)CCC3(C)C(=CC(=O)C4C5(C)CCC(OC6OC(C(=O)O)C(O)C(O)C6OC6OC(C(=O)O)C(O)C(O)C6O)C(C)(C)C5CCC43C)C2C1.[NH4+]. The van der Waals surface area contributed by atoms with E-state index in [-0.39, 0.29) is 40.5 Å². The minimum Gasteiger partial charge on any atom is -0.550 e. The second-order valence-electron chi connectivity index (χ2n) is 20.6. The number of aliphatic hydroxyl groups is 5. The molecule has 7 rings (SSSR count). The second-order valence-corrected chi connectivity index (χ2v) is 20.6. The Hall–Kier alpha value is -2.58. The van der Waals surface area contributed by atoms with Crippen molar-refractivity contribution in [2.75, 3.05) is 0 Å². The first-order valence-corrected chi connectivity index (χ1v) is 20.7. The van der Waals surface area contributed by atoms with Crippen molar-refractivity contribution in [3.63, 3.8) is 0 Å². The summed E-state index contributed by atoms with van der Waals surface area (Å²) >= 11 is 0. The van der Waals surface area contributed by atoms with Gasteiger partial charge in [-0.1, -0.05) is 54.0 Å². The van der Waals surface area contributed by atoms with Gasteiger partial charge in [0.05, 0.1) is 6.10 Å². The van der Waals surface area contributed by atoms with Crippen molar-refractivity contribution in [3.8, 4) is 0 Å². The number of aliphatic carboxylic acids is 3. The molecule has 2 heterocycles. The average Bonchev–Trinajstić information content (AvgIpc) is 3.13. The molecule has 19 atom stereocenters. The summed E-state index contributed by atoms with van der Waals surface area (Å²) in [5, 5.41) is 85.1. The summed E-state index contributed by atoms with van der Waals surface area (Å²) in [5.41, 5.74) is -2.03. The van der Waals surface area contributed by atoms with E-state index in [1.165, 1.54) is 0 Å². The second kappa shape index (κ2) is 15.1. The van der Waals surface area contributed by atoms with Crippen LogP contribution in [0.4, 0.5) is 0 Å². The number of carboxylic acids is 3. The third kappa shape index (κ3) is 6.72. The van der Waals surface area contributed by atoms with E-state index in [4.69, 9.17) is 18.9 Å². The Bertz CT molecular complexity index is 1740. The quantitative estimate of drug-likeness (QED) is 0.168. The zero-order chi connectivity index (χ0) is 42.9. The Kier molecular flexibility index (Phi) is 11.7. The summed E-state index contributed by atoms with van der Waals surface area (Å²) in [6.45, 7) is 14.7. The first kappa shape index (κ1) is 45.9. The molecule has 5 aliphatic carbocycles. The fourth-order valence-corrected chi connectivity index (χ4v) is 13.4. The van der Waals surface area contributed by atoms with Crippen molar-refractivity contribution in [2.45, 2.75) is 174 Å². The van der Waals surface area contributed by atoms with Crippen molar-refractivity contribution in [1.82, 2.24) is 6.15 Å². The van der Waals surface area contributed by atoms with E-state index in [0.717, 1.165) is 24.8 Å². The summed E-state index contributed by atoms with van der Waals surface area (Å²) in [7, 11) is 0. The molecule has 17 heteroatoms. The Labute approximate surface area is 344 Å². The van der Waals surface area contributed by atoms with E-state index in [2.05, 4.69) is 27.7 Å². The number of rotatable bonds is 7. The average molecular weight is 840 g/mol. The highest BCUT2D eigenvalue weighted by atomic mass is 16.8. The van der Waals surface area contributed by atoms with Crippen molar-refractivity contribution in [1.29, 1.82) is 0 Å². The van der Waals surface area contributed by atoms with Crippen LogP contribution in [0.1, 0.15) is 106 Å². The van der Waals surface area contributed by atoms with E-state index >= 15 is 0 Å². The van der Waals surface area contributed by atoms with Gasteiger partial charge in [0.1, 0.15) is 36.6 Å². The van der Waals surface area contributed by atoms with Crippen LogP contribution in [0, 0.1) is 50.2 Å². The number of ketones is 1. The van der Waals surface area contributed by atoms with Gasteiger partial charge in [-0.2, -0.15) is 0 Å². The van der Waals surface area contributed by atoms with Gasteiger partial charge in [-0.15, -0.1) is 0 Å². The molecule has 0 bridgehead atoms. The van der Waals surface area contributed by atoms with Crippen molar-refractivity contribution in [3.05, 3.63) is 11.6 Å². The lowest BCUT2D eigenvalue weighted by molar-refractivity contribution is -0.371. The number of aliphatic hydroxyl groups excluding tert-OH is 5. The number of allylic oxidation sites excluding steroid dienone is 2. The number of carboxylic acid groups (broad SMARTS) is 3. The third-order valence-electron chi connectivity index (χ3n) is 17.2. The number of ether oxygens (including phenoxy) is 4. The molecule has 4 saturated carbocycles. The molecule has 6 fully saturated rings. The third-order valence-corrected chi connectivity index (χ3v) is 17.2. The van der Waals surface area contributed by atoms with Gasteiger partial charge < -0.3 is 70.7 Å². The van der Waals surface area contributed by atoms with Gasteiger partial charge in [0.15, 0.2) is 30.6 Å². The van der Waals surface area contributed by atoms with Gasteiger partial charge in [0, 0.05) is 17.3 Å². The van der Waals surface area contributed by atoms with E-state index in [1.807, 2.05) is 19.9 Å². The first-order valence-electron chi connectivity index (χ1n) is 20.7. The van der Waals surface area contributed by atoms with Crippen LogP contribution in [0.2, 0.25) is 0 Å². The smallest absolute Gasteiger partial charge is 0.335 e. The molecular weight excluding hydrogens is 774 g/mol. The van der Waals surface area contributed by atoms with Crippen LogP contribution in [-0.2, 0) is 38.1 Å². The highest BCUT2D eigenvalue weighted by molar-refractivity contribution is 5.95. The molecule has 2 saturated heterocycles. The predicted octanol–water partition coefficient (Wildman–Crippen LogP) is 1.29. The number of hydrogen-bond donors (Lipinski definition) is 8. The maximum atomic E-state index is 14.8. The zero-order valence-corrected chi connectivity index (χ0v) is 35.3. The van der Waals surface area contributed by atoms with Crippen LogP contribution in [-0.4, -0.2) is 127 Å². The fraction of sp³-hybridized carbons (Fsp3) is 0.857. The number of hydrogen-bond acceptors (Lipinski definition) is 14. The largest absolute Gasteiger partial charge is 0.550 e. The van der Waals surface area contributed by atoms with E-state index in [0.29, 0.717) is 38.5 Å². The van der Waals surface area contributed by atoms with E-state index in [9.17, 15) is 60.0 Å². The molecule has 0 amide bonds. The molecule has 0 spiro atoms. The van der Waals surface area contributed by atoms with Crippen LogP contribution in [0.5, 0.6) is 0 Å². The molecule has 0 aromatic heterocycles. The summed E-state index contributed by atoms with van der Waals surface area (Å²) in [4.78, 5) is 51.2. The number of carbonyl (C=O) groups is 4. The normalized spacial score (nSPS) is 51.7. The maximum absolute atomic E-state index is 14.8. The number of carbonyl (C=O) groups excluding carboxylic acids is 2. The Morgan fingerprint density at radius 2 is 1.31 bits per heavy atom. The van der Waals surface area contributed by atoms with Crippen molar-refractivity contribution < 1.29 is 79.0 Å². The van der Waals surface area contributed by atoms with Gasteiger partial charge in [-0.25, -0.2) is 9.59 Å². The highest BCUT2D eigenvalue weighted by Gasteiger charge is 2.70. The van der Waals surface area contributed by atoms with Gasteiger partial charge in [0.2, 0.25) is 0 Å². The van der Waals surface area contributed by atoms with Gasteiger partial charge >= 0.3 is 11.9 Å². The van der Waals surface area contributed by atoms with Crippen LogP contribution in [0.3, 0.4) is 0 Å². The fourth-order valence-electron chi connectivity index (χ4n) is 13.4. The van der Waals surface area contributed by atoms with Crippen molar-refractivity contribution in [2.24, 2.45) is 50.2 Å². The minimum absolute atomic E-state index is 0. The van der Waals surface area contributed by atoms with Crippen LogP contribution >= 0.6 is 0 Å². The standard InChI is InChI=1S/C42H62O16.H3N/c1-37(2)21-8-11-42(7)31(20(43)16-18-19-17-39(4,36(53)54)13-12-38(19,3)14-15-41(18,42)6)40(21,5)10-9-22(37)55-35-30(26(47)25(46)29(57-35)33(51)52)58-34-27(48)23(44)24(45)28(56-34)32(49)50;/h16,19,21-31,34-35,44-48H,8-15,17H2,1-7H3,(H,49,50)(H,51,52)(H,53,54);1H3. The molecule has 11 N–H and O–H groups in total. The van der Waals surface area contributed by atoms with E-state index < -0.39 is 107 Å². The molecule has 7 aliphatic rings. The van der Waals surface area contributed by atoms with Crippen LogP contribution in [0.25, 0.3) is 0 Å². The lowest BCUT2D eigenvalue weighted by Crippen LogP contribution is -2.68. The monoisotopic (exact) mass is 839 g/mol. The Morgan fingerprint density at radius 3 is 1.90 bits per heavy atom. The molecule has 2 aliphatic heterocycles. The summed E-state index contributed by atoms with van der Waals surface area (Å²) in [6.07, 6.45) is -12.5. The Balaban J connectivity index is 0.00000585. The zero-order valence-electron chi connectivity index (χ0n) is 35.3. The van der Waals surface area contributed by atoms with Crippen molar-refractivity contribution >= 4 is 23.7 Å². The lowest BCUT2D eigenvalue weighted by Gasteiger charge is -2.70. The molecule has 19 unspecified atom stereocenters. The molecule has 0 aromatic rings. The molecule has 0 aromatic carbocycles. The maximum Gasteiger partial charge on any atom is 0.335 e. The van der Waals surface area contributed by atoms with Crippen LogP contribution in [0.15, 0.2) is 11.6 Å². The molecule has 17 nitrogen and oxygen atoms in total. The highest BCUT2D eigenvalue weighted by Crippen LogP contribution is 2.75. The molecule has 334 valence electrons.